The molecule has 5 N–H and O–H groups in total. The minimum absolute atomic E-state index is 0.0561. The Bertz CT molecular complexity index is 557. The number of rotatable bonds is 1. The average molecular weight is 298 g/mol. The van der Waals surface area contributed by atoms with E-state index in [1.165, 1.54) is 20.8 Å². The predicted molar refractivity (Wildman–Crippen MR) is 72.2 cm³/mol. The zero-order valence-electron chi connectivity index (χ0n) is 12.4. The minimum atomic E-state index is -1.79. The molecule has 0 amide bonds. The molecule has 0 aromatic carbocycles. The van der Waals surface area contributed by atoms with Gasteiger partial charge in [0.25, 0.3) is 0 Å². The van der Waals surface area contributed by atoms with Gasteiger partial charge in [-0.3, -0.25) is 4.79 Å². The first-order chi connectivity index (χ1) is 9.49. The molecule has 21 heavy (non-hydrogen) atoms. The second-order valence-corrected chi connectivity index (χ2v) is 7.35. The van der Waals surface area contributed by atoms with Crippen molar-refractivity contribution in [2.45, 2.75) is 57.0 Å². The van der Waals surface area contributed by atoms with E-state index in [0.717, 1.165) is 0 Å². The SMILES string of the molecule is C[C@]1(CO)[C@H](O)C2=C(C(=O)[C@](C)(O)C3(CC3)[C@@]2(C)O)[C@@H]1O. The summed E-state index contributed by atoms with van der Waals surface area (Å²) in [5, 5.41) is 52.1. The third-order valence-corrected chi connectivity index (χ3v) is 6.25. The van der Waals surface area contributed by atoms with Crippen molar-refractivity contribution < 1.29 is 30.3 Å². The van der Waals surface area contributed by atoms with Crippen molar-refractivity contribution >= 4 is 5.78 Å². The monoisotopic (exact) mass is 298 g/mol. The van der Waals surface area contributed by atoms with Gasteiger partial charge in [-0.25, -0.2) is 0 Å². The predicted octanol–water partition coefficient (Wildman–Crippen LogP) is -1.12. The van der Waals surface area contributed by atoms with Crippen LogP contribution in [-0.4, -0.2) is 61.3 Å². The molecule has 0 aromatic rings. The fourth-order valence-electron chi connectivity index (χ4n) is 4.36. The van der Waals surface area contributed by atoms with Crippen LogP contribution in [0, 0.1) is 10.8 Å². The van der Waals surface area contributed by atoms with E-state index >= 15 is 0 Å². The van der Waals surface area contributed by atoms with Crippen LogP contribution in [0.5, 0.6) is 0 Å². The van der Waals surface area contributed by atoms with Crippen molar-refractivity contribution in [2.75, 3.05) is 6.61 Å². The van der Waals surface area contributed by atoms with Gasteiger partial charge < -0.3 is 25.5 Å². The van der Waals surface area contributed by atoms with Crippen LogP contribution in [0.25, 0.3) is 0 Å². The normalized spacial score (nSPS) is 51.5. The highest BCUT2D eigenvalue weighted by atomic mass is 16.3. The molecule has 0 unspecified atom stereocenters. The van der Waals surface area contributed by atoms with E-state index in [4.69, 9.17) is 0 Å². The quantitative estimate of drug-likeness (QED) is 0.418. The van der Waals surface area contributed by atoms with Gasteiger partial charge >= 0.3 is 0 Å². The molecule has 118 valence electrons. The molecular formula is C15H22O6. The summed E-state index contributed by atoms with van der Waals surface area (Å²) in [5.41, 5.74) is -5.88. The van der Waals surface area contributed by atoms with Crippen molar-refractivity contribution in [1.82, 2.24) is 0 Å². The van der Waals surface area contributed by atoms with Gasteiger partial charge in [-0.15, -0.1) is 0 Å². The van der Waals surface area contributed by atoms with E-state index in [0.29, 0.717) is 12.8 Å². The van der Waals surface area contributed by atoms with Gasteiger partial charge in [-0.1, -0.05) is 6.92 Å². The molecule has 0 bridgehead atoms. The third-order valence-electron chi connectivity index (χ3n) is 6.25. The lowest BCUT2D eigenvalue weighted by atomic mass is 9.61. The number of aliphatic hydroxyl groups excluding tert-OH is 3. The lowest BCUT2D eigenvalue weighted by Gasteiger charge is -2.48. The lowest BCUT2D eigenvalue weighted by molar-refractivity contribution is -0.160. The fraction of sp³-hybridized carbons (Fsp3) is 0.800. The van der Waals surface area contributed by atoms with Crippen molar-refractivity contribution in [1.29, 1.82) is 0 Å². The van der Waals surface area contributed by atoms with E-state index in [9.17, 15) is 30.3 Å². The first-order valence-electron chi connectivity index (χ1n) is 7.20. The van der Waals surface area contributed by atoms with Gasteiger partial charge in [0.1, 0.15) is 5.60 Å². The highest BCUT2D eigenvalue weighted by molar-refractivity contribution is 6.06. The van der Waals surface area contributed by atoms with Crippen molar-refractivity contribution in [3.63, 3.8) is 0 Å². The van der Waals surface area contributed by atoms with E-state index < -0.39 is 46.6 Å². The van der Waals surface area contributed by atoms with Crippen molar-refractivity contribution in [3.05, 3.63) is 11.1 Å². The maximum absolute atomic E-state index is 12.7. The second-order valence-electron chi connectivity index (χ2n) is 7.35. The van der Waals surface area contributed by atoms with Crippen LogP contribution in [0.15, 0.2) is 11.1 Å². The molecule has 0 heterocycles. The maximum Gasteiger partial charge on any atom is 0.193 e. The summed E-state index contributed by atoms with van der Waals surface area (Å²) in [4.78, 5) is 12.7. The van der Waals surface area contributed by atoms with Crippen LogP contribution >= 0.6 is 0 Å². The number of hydrogen-bond donors (Lipinski definition) is 5. The zero-order chi connectivity index (χ0) is 16.0. The Balaban J connectivity index is 2.26. The molecule has 0 radical (unpaired) electrons. The standard InChI is InChI=1S/C15H22O6/c1-12(6-16)9(17)7-8(11(12)19)13(2,20)15(4-5-15)14(3,21)10(7)18/h9,11,16-17,19-21H,4-6H2,1-3H3/t9-,11+,12+,13-,14-/m0/s1. The van der Waals surface area contributed by atoms with Gasteiger partial charge in [0.05, 0.1) is 29.8 Å². The number of carbonyl (C=O) groups excluding carboxylic acids is 1. The number of ketones is 1. The summed E-state index contributed by atoms with van der Waals surface area (Å²) < 4.78 is 0. The largest absolute Gasteiger partial charge is 0.396 e. The molecule has 0 aromatic heterocycles. The van der Waals surface area contributed by atoms with Gasteiger partial charge in [0.2, 0.25) is 0 Å². The summed E-state index contributed by atoms with van der Waals surface area (Å²) >= 11 is 0. The minimum Gasteiger partial charge on any atom is -0.396 e. The number of Topliss-reactive ketones (excluding diaryl/α,β-unsaturated/α-hetero) is 1. The van der Waals surface area contributed by atoms with E-state index in [1.54, 1.807) is 0 Å². The summed E-state index contributed by atoms with van der Waals surface area (Å²) in [5.74, 6) is -0.662. The molecule has 3 aliphatic carbocycles. The smallest absolute Gasteiger partial charge is 0.193 e. The highest BCUT2D eigenvalue weighted by Crippen LogP contribution is 2.68. The van der Waals surface area contributed by atoms with Crippen LogP contribution in [0.4, 0.5) is 0 Å². The molecule has 1 saturated carbocycles. The molecular weight excluding hydrogens is 276 g/mol. The van der Waals surface area contributed by atoms with Gasteiger partial charge in [0.15, 0.2) is 5.78 Å². The van der Waals surface area contributed by atoms with Gasteiger partial charge in [-0.05, 0) is 26.7 Å². The lowest BCUT2D eigenvalue weighted by Crippen LogP contribution is -2.61. The topological polar surface area (TPSA) is 118 Å². The Labute approximate surface area is 122 Å². The second kappa shape index (κ2) is 3.75. The molecule has 0 saturated heterocycles. The van der Waals surface area contributed by atoms with Crippen molar-refractivity contribution in [3.8, 4) is 0 Å². The Morgan fingerprint density at radius 1 is 1.05 bits per heavy atom. The van der Waals surface area contributed by atoms with Crippen LogP contribution in [0.2, 0.25) is 0 Å². The van der Waals surface area contributed by atoms with Gasteiger partial charge in [0, 0.05) is 16.6 Å². The van der Waals surface area contributed by atoms with Crippen LogP contribution in [0.1, 0.15) is 33.6 Å². The van der Waals surface area contributed by atoms with Crippen LogP contribution < -0.4 is 0 Å². The van der Waals surface area contributed by atoms with Crippen LogP contribution in [0.3, 0.4) is 0 Å². The summed E-state index contributed by atoms with van der Waals surface area (Å²) in [6.45, 7) is 3.74. The summed E-state index contributed by atoms with van der Waals surface area (Å²) in [6.07, 6.45) is -1.82. The third kappa shape index (κ3) is 1.34. The van der Waals surface area contributed by atoms with E-state index in [1.807, 2.05) is 0 Å². The zero-order valence-corrected chi connectivity index (χ0v) is 12.4. The van der Waals surface area contributed by atoms with E-state index in [2.05, 4.69) is 0 Å². The van der Waals surface area contributed by atoms with E-state index in [-0.39, 0.29) is 11.1 Å². The molecule has 6 heteroatoms. The molecule has 1 fully saturated rings. The molecule has 0 aliphatic heterocycles. The average Bonchev–Trinajstić information content (AvgIpc) is 3.19. The summed E-state index contributed by atoms with van der Waals surface area (Å²) in [7, 11) is 0. The molecule has 3 rings (SSSR count). The number of aliphatic hydroxyl groups is 5. The molecule has 1 spiro atoms. The fourth-order valence-corrected chi connectivity index (χ4v) is 4.36. The highest BCUT2D eigenvalue weighted by Gasteiger charge is 2.76. The Morgan fingerprint density at radius 2 is 1.57 bits per heavy atom. The van der Waals surface area contributed by atoms with Crippen LogP contribution in [-0.2, 0) is 4.79 Å². The molecule has 3 aliphatic rings. The maximum atomic E-state index is 12.7. The Hall–Kier alpha value is -0.790. The van der Waals surface area contributed by atoms with Gasteiger partial charge in [-0.2, -0.15) is 0 Å². The first kappa shape index (κ1) is 15.1. The molecule has 5 atom stereocenters. The molecule has 6 nitrogen and oxygen atoms in total. The summed E-state index contributed by atoms with van der Waals surface area (Å²) in [6, 6.07) is 0. The Kier molecular flexibility index (Phi) is 2.70. The van der Waals surface area contributed by atoms with Crippen molar-refractivity contribution in [2.24, 2.45) is 10.8 Å². The number of hydrogen-bond acceptors (Lipinski definition) is 6. The Morgan fingerprint density at radius 3 is 2.00 bits per heavy atom. The number of carbonyl (C=O) groups is 1. The first-order valence-corrected chi connectivity index (χ1v) is 7.20.